The molecule has 0 bridgehead atoms. The Morgan fingerprint density at radius 3 is 2.55 bits per heavy atom. The number of alkyl carbamates (subject to hydrolysis) is 1. The van der Waals surface area contributed by atoms with Crippen LogP contribution in [0.2, 0.25) is 0 Å². The monoisotopic (exact) mass is 583 g/mol. The maximum Gasteiger partial charge on any atom is 0.408 e. The number of nitrogens with one attached hydrogen (secondary N) is 4. The first-order valence-electron chi connectivity index (χ1n) is 14.2. The summed E-state index contributed by atoms with van der Waals surface area (Å²) in [4.78, 5) is 54.4. The highest BCUT2D eigenvalue weighted by Gasteiger charge is 2.61. The van der Waals surface area contributed by atoms with Crippen molar-refractivity contribution in [2.24, 2.45) is 11.8 Å². The highest BCUT2D eigenvalue weighted by atomic mass is 32.2. The Hall–Kier alpha value is -2.67. The van der Waals surface area contributed by atoms with Crippen LogP contribution in [0.4, 0.5) is 4.79 Å². The molecule has 4 amide bonds. The molecule has 0 aromatic heterocycles. The predicted molar refractivity (Wildman–Crippen MR) is 149 cm³/mol. The van der Waals surface area contributed by atoms with Crippen LogP contribution in [0.5, 0.6) is 0 Å². The van der Waals surface area contributed by atoms with E-state index in [0.29, 0.717) is 32.2 Å². The molecule has 40 heavy (non-hydrogen) atoms. The minimum atomic E-state index is -4.12. The second kappa shape index (κ2) is 12.9. The van der Waals surface area contributed by atoms with E-state index in [0.717, 1.165) is 19.3 Å². The van der Waals surface area contributed by atoms with Gasteiger partial charge in [-0.2, -0.15) is 13.1 Å². The maximum atomic E-state index is 13.6. The molecule has 0 aromatic carbocycles. The first-order valence-corrected chi connectivity index (χ1v) is 15.7. The third-order valence-electron chi connectivity index (χ3n) is 7.23. The van der Waals surface area contributed by atoms with Crippen molar-refractivity contribution >= 4 is 34.0 Å². The normalized spacial score (nSPS) is 28.1. The van der Waals surface area contributed by atoms with E-state index in [1.165, 1.54) is 4.90 Å². The van der Waals surface area contributed by atoms with Crippen LogP contribution < -0.4 is 20.1 Å². The number of carbonyl (C=O) groups excluding carboxylic acids is 4. The van der Waals surface area contributed by atoms with Crippen LogP contribution in [-0.2, 0) is 29.3 Å². The predicted octanol–water partition coefficient (Wildman–Crippen LogP) is 1.87. The number of allylic oxidation sites excluding steroid dienone is 1. The van der Waals surface area contributed by atoms with Crippen molar-refractivity contribution in [1.82, 2.24) is 25.0 Å². The molecule has 4 atom stereocenters. The molecule has 2 fully saturated rings. The molecule has 3 aliphatic rings. The van der Waals surface area contributed by atoms with Crippen molar-refractivity contribution in [2.75, 3.05) is 13.1 Å². The van der Waals surface area contributed by atoms with Gasteiger partial charge >= 0.3 is 16.3 Å². The molecule has 1 unspecified atom stereocenters. The molecule has 1 saturated carbocycles. The SMILES string of the molecule is CC(C)CNS(=O)(=O)NC(=O)[C@@]12C[C@H]1C=CCCCCCC(NC(=O)OC(C)(C)C)C(=O)N1CCC[C@H]1C(=O)N2. The average Bonchev–Trinajstić information content (AvgIpc) is 3.29. The first kappa shape index (κ1) is 31.9. The number of hydrogen-bond donors (Lipinski definition) is 4. The van der Waals surface area contributed by atoms with Gasteiger partial charge in [-0.1, -0.05) is 38.8 Å². The van der Waals surface area contributed by atoms with E-state index in [-0.39, 0.29) is 30.7 Å². The molecular weight excluding hydrogens is 538 g/mol. The van der Waals surface area contributed by atoms with Crippen LogP contribution in [-0.4, -0.2) is 73.4 Å². The number of carbonyl (C=O) groups is 4. The molecule has 2 aliphatic heterocycles. The summed E-state index contributed by atoms with van der Waals surface area (Å²) in [7, 11) is -4.12. The lowest BCUT2D eigenvalue weighted by Crippen LogP contribution is -2.59. The quantitative estimate of drug-likeness (QED) is 0.347. The van der Waals surface area contributed by atoms with Crippen molar-refractivity contribution in [3.05, 3.63) is 12.2 Å². The maximum absolute atomic E-state index is 13.6. The highest BCUT2D eigenvalue weighted by molar-refractivity contribution is 7.88. The molecule has 3 rings (SSSR count). The molecule has 12 nitrogen and oxygen atoms in total. The summed E-state index contributed by atoms with van der Waals surface area (Å²) in [6, 6.07) is -1.70. The van der Waals surface area contributed by atoms with Crippen LogP contribution >= 0.6 is 0 Å². The first-order chi connectivity index (χ1) is 18.6. The van der Waals surface area contributed by atoms with Crippen LogP contribution in [0.3, 0.4) is 0 Å². The van der Waals surface area contributed by atoms with Crippen molar-refractivity contribution in [3.8, 4) is 0 Å². The van der Waals surface area contributed by atoms with Crippen LogP contribution in [0, 0.1) is 11.8 Å². The third-order valence-corrected chi connectivity index (χ3v) is 8.24. The zero-order valence-corrected chi connectivity index (χ0v) is 25.1. The number of ether oxygens (including phenoxy) is 1. The summed E-state index contributed by atoms with van der Waals surface area (Å²) in [6.07, 6.45) is 7.82. The molecule has 0 aromatic rings. The topological polar surface area (TPSA) is 163 Å². The van der Waals surface area contributed by atoms with Gasteiger partial charge in [0.25, 0.3) is 5.91 Å². The second-order valence-electron chi connectivity index (χ2n) is 12.4. The van der Waals surface area contributed by atoms with Gasteiger partial charge in [0.05, 0.1) is 0 Å². The van der Waals surface area contributed by atoms with Crippen molar-refractivity contribution in [2.45, 2.75) is 109 Å². The van der Waals surface area contributed by atoms with Crippen molar-refractivity contribution < 1.29 is 32.3 Å². The molecule has 1 saturated heterocycles. The molecule has 2 heterocycles. The zero-order chi connectivity index (χ0) is 29.7. The summed E-state index contributed by atoms with van der Waals surface area (Å²) in [5.41, 5.74) is -2.16. The van der Waals surface area contributed by atoms with Crippen LogP contribution in [0.1, 0.15) is 86.0 Å². The molecule has 226 valence electrons. The molecule has 1 aliphatic carbocycles. The van der Waals surface area contributed by atoms with E-state index in [1.54, 1.807) is 20.8 Å². The number of fused-ring (bicyclic) bond motifs is 2. The lowest BCUT2D eigenvalue weighted by Gasteiger charge is -2.30. The van der Waals surface area contributed by atoms with Crippen molar-refractivity contribution in [3.63, 3.8) is 0 Å². The Balaban J connectivity index is 1.81. The van der Waals surface area contributed by atoms with Gasteiger partial charge in [-0.25, -0.2) is 9.52 Å². The van der Waals surface area contributed by atoms with E-state index < -0.39 is 51.3 Å². The zero-order valence-electron chi connectivity index (χ0n) is 24.2. The largest absolute Gasteiger partial charge is 0.444 e. The Kier molecular flexibility index (Phi) is 10.3. The summed E-state index contributed by atoms with van der Waals surface area (Å²) in [6.45, 7) is 9.38. The number of amides is 4. The van der Waals surface area contributed by atoms with E-state index in [2.05, 4.69) is 20.1 Å². The van der Waals surface area contributed by atoms with E-state index in [9.17, 15) is 27.6 Å². The van der Waals surface area contributed by atoms with Gasteiger partial charge in [0.1, 0.15) is 23.2 Å². The fourth-order valence-corrected chi connectivity index (χ4v) is 6.12. The second-order valence-corrected chi connectivity index (χ2v) is 13.9. The van der Waals surface area contributed by atoms with Gasteiger partial charge in [0.15, 0.2) is 0 Å². The van der Waals surface area contributed by atoms with Gasteiger partial charge in [0, 0.05) is 19.0 Å². The minimum Gasteiger partial charge on any atom is -0.444 e. The Morgan fingerprint density at radius 2 is 1.88 bits per heavy atom. The van der Waals surface area contributed by atoms with E-state index >= 15 is 0 Å². The fraction of sp³-hybridized carbons (Fsp3) is 0.778. The summed E-state index contributed by atoms with van der Waals surface area (Å²) in [5.74, 6) is -2.03. The molecular formula is C27H45N5O7S. The lowest BCUT2D eigenvalue weighted by molar-refractivity contribution is -0.141. The van der Waals surface area contributed by atoms with Gasteiger partial charge < -0.3 is 20.3 Å². The van der Waals surface area contributed by atoms with Crippen molar-refractivity contribution in [1.29, 1.82) is 0 Å². The molecule has 4 N–H and O–H groups in total. The third kappa shape index (κ3) is 8.66. The van der Waals surface area contributed by atoms with Gasteiger partial charge in [-0.15, -0.1) is 0 Å². The minimum absolute atomic E-state index is 0.0408. The molecule has 0 spiro atoms. The van der Waals surface area contributed by atoms with Gasteiger partial charge in [-0.3, -0.25) is 14.4 Å². The Labute approximate surface area is 237 Å². The smallest absolute Gasteiger partial charge is 0.408 e. The molecule has 0 radical (unpaired) electrons. The van der Waals surface area contributed by atoms with Gasteiger partial charge in [-0.05, 0) is 65.2 Å². The number of hydrogen-bond acceptors (Lipinski definition) is 7. The van der Waals surface area contributed by atoms with Crippen LogP contribution in [0.25, 0.3) is 0 Å². The standard InChI is InChI=1S/C27H45N5O7S/c1-18(2)17-28-40(37,38)31-24(35)27-16-19(27)12-9-7-6-8-10-13-20(29-25(36)39-26(3,4)5)23(34)32-15-11-14-21(32)22(33)30-27/h9,12,18-21,28H,6-8,10-11,13-17H2,1-5H3,(H,29,36)(H,30,33)(H,31,35)/t19-,20?,21+,27-/m1/s1. The van der Waals surface area contributed by atoms with E-state index in [4.69, 9.17) is 4.74 Å². The molecule has 13 heteroatoms. The van der Waals surface area contributed by atoms with Gasteiger partial charge in [0.2, 0.25) is 11.8 Å². The fourth-order valence-electron chi connectivity index (χ4n) is 5.07. The Morgan fingerprint density at radius 1 is 1.15 bits per heavy atom. The van der Waals surface area contributed by atoms with Crippen LogP contribution in [0.15, 0.2) is 12.2 Å². The number of rotatable bonds is 6. The summed E-state index contributed by atoms with van der Waals surface area (Å²) >= 11 is 0. The summed E-state index contributed by atoms with van der Waals surface area (Å²) in [5, 5.41) is 5.50. The number of nitrogens with zero attached hydrogens (tertiary/aromatic N) is 1. The highest BCUT2D eigenvalue weighted by Crippen LogP contribution is 2.45. The Bertz CT molecular complexity index is 1100. The summed E-state index contributed by atoms with van der Waals surface area (Å²) < 4.78 is 34.8. The van der Waals surface area contributed by atoms with E-state index in [1.807, 2.05) is 26.0 Å². The lowest BCUT2D eigenvalue weighted by atomic mass is 10.0. The average molecular weight is 584 g/mol.